The van der Waals surface area contributed by atoms with Crippen LogP contribution in [-0.2, 0) is 6.54 Å². The molecule has 1 aromatic carbocycles. The molecule has 0 fully saturated rings. The number of carbonyl (C=O) groups is 1. The topological polar surface area (TPSA) is 77.1 Å². The second kappa shape index (κ2) is 5.49. The van der Waals surface area contributed by atoms with E-state index in [9.17, 15) is 9.59 Å². The monoisotopic (exact) mass is 257 g/mol. The molecule has 0 saturated carbocycles. The number of pyridine rings is 1. The third kappa shape index (κ3) is 2.41. The molecule has 0 aliphatic carbocycles. The molecule has 5 nitrogen and oxygen atoms in total. The van der Waals surface area contributed by atoms with Crippen molar-refractivity contribution in [3.63, 3.8) is 0 Å². The molecule has 1 heterocycles. The van der Waals surface area contributed by atoms with Crippen molar-refractivity contribution in [3.8, 4) is 11.3 Å². The highest BCUT2D eigenvalue weighted by atomic mass is 16.2. The van der Waals surface area contributed by atoms with Gasteiger partial charge in [-0.15, -0.1) is 0 Å². The van der Waals surface area contributed by atoms with E-state index in [-0.39, 0.29) is 11.1 Å². The highest BCUT2D eigenvalue weighted by Crippen LogP contribution is 2.17. The van der Waals surface area contributed by atoms with Gasteiger partial charge in [-0.2, -0.15) is 0 Å². The number of nitrogens with two attached hydrogens (primary N) is 1. The van der Waals surface area contributed by atoms with E-state index >= 15 is 0 Å². The van der Waals surface area contributed by atoms with Crippen molar-refractivity contribution in [3.05, 3.63) is 58.4 Å². The zero-order valence-corrected chi connectivity index (χ0v) is 10.6. The Morgan fingerprint density at radius 3 is 2.47 bits per heavy atom. The maximum Gasteiger partial charge on any atom is 0.270 e. The predicted molar refractivity (Wildman–Crippen MR) is 73.5 cm³/mol. The van der Waals surface area contributed by atoms with Crippen molar-refractivity contribution in [2.24, 2.45) is 5.84 Å². The molecular weight excluding hydrogens is 242 g/mol. The second-order valence-corrected chi connectivity index (χ2v) is 4.02. The van der Waals surface area contributed by atoms with Crippen molar-refractivity contribution in [2.75, 3.05) is 0 Å². The average molecular weight is 257 g/mol. The zero-order chi connectivity index (χ0) is 13.8. The van der Waals surface area contributed by atoms with Gasteiger partial charge in [-0.1, -0.05) is 30.3 Å². The number of hydrogen-bond donors (Lipinski definition) is 2. The minimum absolute atomic E-state index is 0.0454. The Kier molecular flexibility index (Phi) is 3.77. The van der Waals surface area contributed by atoms with Crippen LogP contribution in [0, 0.1) is 0 Å². The van der Waals surface area contributed by atoms with Crippen LogP contribution >= 0.6 is 0 Å². The molecule has 19 heavy (non-hydrogen) atoms. The van der Waals surface area contributed by atoms with E-state index in [1.54, 1.807) is 10.6 Å². The van der Waals surface area contributed by atoms with Crippen LogP contribution in [0.15, 0.2) is 47.3 Å². The molecule has 2 aromatic rings. The summed E-state index contributed by atoms with van der Waals surface area (Å²) in [7, 11) is 0. The van der Waals surface area contributed by atoms with Crippen molar-refractivity contribution in [2.45, 2.75) is 13.5 Å². The summed E-state index contributed by atoms with van der Waals surface area (Å²) in [6, 6.07) is 12.8. The Morgan fingerprint density at radius 2 is 1.89 bits per heavy atom. The Hall–Kier alpha value is -2.40. The Morgan fingerprint density at radius 1 is 1.21 bits per heavy atom. The molecule has 0 aliphatic heterocycles. The Balaban J connectivity index is 2.63. The summed E-state index contributed by atoms with van der Waals surface area (Å²) in [6.07, 6.45) is 0. The van der Waals surface area contributed by atoms with Crippen LogP contribution in [0.3, 0.4) is 0 Å². The number of benzene rings is 1. The first-order valence-corrected chi connectivity index (χ1v) is 5.99. The zero-order valence-electron chi connectivity index (χ0n) is 10.6. The fourth-order valence-electron chi connectivity index (χ4n) is 2.00. The highest BCUT2D eigenvalue weighted by Gasteiger charge is 2.13. The average Bonchev–Trinajstić information content (AvgIpc) is 2.47. The quantitative estimate of drug-likeness (QED) is 0.492. The van der Waals surface area contributed by atoms with Crippen molar-refractivity contribution in [1.82, 2.24) is 9.99 Å². The molecule has 0 unspecified atom stereocenters. The number of nitrogens with zero attached hydrogens (tertiary/aromatic N) is 1. The lowest BCUT2D eigenvalue weighted by molar-refractivity contribution is 0.0951. The first kappa shape index (κ1) is 13.0. The summed E-state index contributed by atoms with van der Waals surface area (Å²) in [4.78, 5) is 23.7. The summed E-state index contributed by atoms with van der Waals surface area (Å²) in [5, 5.41) is 0. The van der Waals surface area contributed by atoms with Gasteiger partial charge in [0, 0.05) is 6.54 Å². The largest absolute Gasteiger partial charge is 0.308 e. The molecule has 0 saturated heterocycles. The molecule has 1 amide bonds. The van der Waals surface area contributed by atoms with Crippen molar-refractivity contribution in [1.29, 1.82) is 0 Å². The van der Waals surface area contributed by atoms with Crippen LogP contribution in [0.25, 0.3) is 11.3 Å². The third-order valence-electron chi connectivity index (χ3n) is 2.94. The third-order valence-corrected chi connectivity index (χ3v) is 2.94. The van der Waals surface area contributed by atoms with Crippen molar-refractivity contribution >= 4 is 5.91 Å². The van der Waals surface area contributed by atoms with E-state index in [1.165, 1.54) is 6.07 Å². The predicted octanol–water partition coefficient (Wildman–Crippen LogP) is 1.14. The second-order valence-electron chi connectivity index (χ2n) is 4.02. The fourth-order valence-corrected chi connectivity index (χ4v) is 2.00. The number of nitrogens with one attached hydrogen (secondary N) is 1. The summed E-state index contributed by atoms with van der Waals surface area (Å²) in [6.45, 7) is 2.34. The lowest BCUT2D eigenvalue weighted by Crippen LogP contribution is -2.36. The Labute approximate surface area is 110 Å². The van der Waals surface area contributed by atoms with Crippen LogP contribution in [0.1, 0.15) is 17.3 Å². The van der Waals surface area contributed by atoms with Gasteiger partial charge in [0.25, 0.3) is 11.5 Å². The standard InChI is InChI=1S/C14H15N3O2/c1-2-17-12(10-6-4-3-5-7-10)9-8-11(14(17)19)13(18)16-15/h3-9H,2,15H2,1H3,(H,16,18). The summed E-state index contributed by atoms with van der Waals surface area (Å²) >= 11 is 0. The lowest BCUT2D eigenvalue weighted by atomic mass is 10.1. The van der Waals surface area contributed by atoms with Gasteiger partial charge in [0.15, 0.2) is 0 Å². The van der Waals surface area contributed by atoms with E-state index in [0.717, 1.165) is 11.3 Å². The first-order chi connectivity index (χ1) is 9.19. The minimum Gasteiger partial charge on any atom is -0.308 e. The van der Waals surface area contributed by atoms with E-state index in [2.05, 4.69) is 0 Å². The number of rotatable bonds is 3. The number of hydrazine groups is 1. The maximum absolute atomic E-state index is 12.2. The van der Waals surface area contributed by atoms with Crippen LogP contribution in [0.2, 0.25) is 0 Å². The molecule has 2 rings (SSSR count). The van der Waals surface area contributed by atoms with Crippen LogP contribution in [0.4, 0.5) is 0 Å². The van der Waals surface area contributed by atoms with Crippen LogP contribution < -0.4 is 16.8 Å². The van der Waals surface area contributed by atoms with Gasteiger partial charge in [-0.25, -0.2) is 5.84 Å². The summed E-state index contributed by atoms with van der Waals surface area (Å²) < 4.78 is 1.56. The lowest BCUT2D eigenvalue weighted by Gasteiger charge is -2.12. The van der Waals surface area contributed by atoms with Gasteiger partial charge in [0.1, 0.15) is 5.56 Å². The number of carbonyl (C=O) groups excluding carboxylic acids is 1. The molecule has 0 bridgehead atoms. The number of nitrogen functional groups attached to an aromatic ring is 1. The number of aromatic nitrogens is 1. The molecule has 0 radical (unpaired) electrons. The van der Waals surface area contributed by atoms with E-state index < -0.39 is 5.91 Å². The normalized spacial score (nSPS) is 10.2. The number of hydrogen-bond acceptors (Lipinski definition) is 3. The van der Waals surface area contributed by atoms with Gasteiger partial charge in [-0.05, 0) is 24.6 Å². The molecule has 5 heteroatoms. The molecule has 3 N–H and O–H groups in total. The minimum atomic E-state index is -0.577. The number of amides is 1. The van der Waals surface area contributed by atoms with Gasteiger partial charge in [0.2, 0.25) is 0 Å². The maximum atomic E-state index is 12.2. The molecule has 0 aliphatic rings. The van der Waals surface area contributed by atoms with E-state index in [1.807, 2.05) is 42.7 Å². The van der Waals surface area contributed by atoms with Gasteiger partial charge < -0.3 is 4.57 Å². The SMILES string of the molecule is CCn1c(-c2ccccc2)ccc(C(=O)NN)c1=O. The molecule has 0 spiro atoms. The van der Waals surface area contributed by atoms with Crippen LogP contribution in [0.5, 0.6) is 0 Å². The fraction of sp³-hybridized carbons (Fsp3) is 0.143. The molecular formula is C14H15N3O2. The van der Waals surface area contributed by atoms with Crippen molar-refractivity contribution < 1.29 is 4.79 Å². The summed E-state index contributed by atoms with van der Waals surface area (Å²) in [5.41, 5.74) is 3.40. The smallest absolute Gasteiger partial charge is 0.270 e. The highest BCUT2D eigenvalue weighted by molar-refractivity contribution is 5.93. The molecule has 98 valence electrons. The first-order valence-electron chi connectivity index (χ1n) is 5.99. The van der Waals surface area contributed by atoms with E-state index in [0.29, 0.717) is 6.54 Å². The van der Waals surface area contributed by atoms with Gasteiger partial charge in [0.05, 0.1) is 5.69 Å². The molecule has 1 aromatic heterocycles. The molecule has 0 atom stereocenters. The Bertz CT molecular complexity index is 647. The summed E-state index contributed by atoms with van der Waals surface area (Å²) in [5.74, 6) is 4.49. The van der Waals surface area contributed by atoms with Gasteiger partial charge >= 0.3 is 0 Å². The van der Waals surface area contributed by atoms with E-state index in [4.69, 9.17) is 5.84 Å². The van der Waals surface area contributed by atoms with Gasteiger partial charge in [-0.3, -0.25) is 15.0 Å². The van der Waals surface area contributed by atoms with Crippen LogP contribution in [-0.4, -0.2) is 10.5 Å².